The van der Waals surface area contributed by atoms with Gasteiger partial charge in [0.1, 0.15) is 6.07 Å². The highest BCUT2D eigenvalue weighted by Gasteiger charge is 2.19. The van der Waals surface area contributed by atoms with Gasteiger partial charge in [-0.05, 0) is 39.7 Å². The minimum absolute atomic E-state index is 0.0433. The van der Waals surface area contributed by atoms with Crippen molar-refractivity contribution in [3.63, 3.8) is 0 Å². The summed E-state index contributed by atoms with van der Waals surface area (Å²) in [6.07, 6.45) is 0. The summed E-state index contributed by atoms with van der Waals surface area (Å²) >= 11 is 3.41. The van der Waals surface area contributed by atoms with Gasteiger partial charge in [-0.15, -0.1) is 0 Å². The van der Waals surface area contributed by atoms with Gasteiger partial charge in [0.05, 0.1) is 5.56 Å². The Kier molecular flexibility index (Phi) is 4.46. The first kappa shape index (κ1) is 14.6. The standard InChI is InChI=1S/C17H17BrN2/c1-17(2,14-6-4-3-5-7-14)12-20-15-9-8-13(11-19)16(18)10-15/h3-10,20H,12H2,1-2H3. The lowest BCUT2D eigenvalue weighted by Gasteiger charge is -2.26. The minimum Gasteiger partial charge on any atom is -0.384 e. The van der Waals surface area contributed by atoms with Crippen molar-refractivity contribution >= 4 is 21.6 Å². The van der Waals surface area contributed by atoms with Crippen LogP contribution >= 0.6 is 15.9 Å². The zero-order chi connectivity index (χ0) is 14.6. The number of hydrogen-bond acceptors (Lipinski definition) is 2. The number of nitrogens with zero attached hydrogens (tertiary/aromatic N) is 1. The summed E-state index contributed by atoms with van der Waals surface area (Å²) in [5, 5.41) is 12.4. The molecule has 0 aliphatic rings. The SMILES string of the molecule is CC(C)(CNc1ccc(C#N)c(Br)c1)c1ccccc1. The number of nitrogens with one attached hydrogen (secondary N) is 1. The highest BCUT2D eigenvalue weighted by Crippen LogP contribution is 2.25. The number of rotatable bonds is 4. The molecular weight excluding hydrogens is 312 g/mol. The average molecular weight is 329 g/mol. The first-order valence-electron chi connectivity index (χ1n) is 6.52. The molecule has 2 rings (SSSR count). The molecule has 0 aliphatic heterocycles. The maximum Gasteiger partial charge on any atom is 0.100 e. The maximum atomic E-state index is 8.92. The van der Waals surface area contributed by atoms with Crippen LogP contribution in [-0.4, -0.2) is 6.54 Å². The van der Waals surface area contributed by atoms with Gasteiger partial charge in [-0.25, -0.2) is 0 Å². The Bertz CT molecular complexity index is 627. The van der Waals surface area contributed by atoms with E-state index in [-0.39, 0.29) is 5.41 Å². The predicted molar refractivity (Wildman–Crippen MR) is 86.8 cm³/mol. The Morgan fingerprint density at radius 2 is 1.85 bits per heavy atom. The summed E-state index contributed by atoms with van der Waals surface area (Å²) in [4.78, 5) is 0. The molecule has 0 aromatic heterocycles. The van der Waals surface area contributed by atoms with E-state index in [1.165, 1.54) is 5.56 Å². The molecule has 1 N–H and O–H groups in total. The summed E-state index contributed by atoms with van der Waals surface area (Å²) < 4.78 is 0.822. The number of nitriles is 1. The summed E-state index contributed by atoms with van der Waals surface area (Å²) in [6, 6.07) is 18.3. The molecule has 0 unspecified atom stereocenters. The van der Waals surface area contributed by atoms with E-state index in [4.69, 9.17) is 5.26 Å². The number of halogens is 1. The molecule has 0 spiro atoms. The van der Waals surface area contributed by atoms with Crippen LogP contribution in [0.25, 0.3) is 0 Å². The Balaban J connectivity index is 2.09. The normalized spacial score (nSPS) is 10.9. The average Bonchev–Trinajstić information content (AvgIpc) is 2.46. The van der Waals surface area contributed by atoms with E-state index in [1.54, 1.807) is 0 Å². The molecule has 2 aromatic rings. The van der Waals surface area contributed by atoms with Gasteiger partial charge in [-0.1, -0.05) is 44.2 Å². The minimum atomic E-state index is 0.0433. The van der Waals surface area contributed by atoms with Crippen LogP contribution in [-0.2, 0) is 5.41 Å². The van der Waals surface area contributed by atoms with Gasteiger partial charge >= 0.3 is 0 Å². The lowest BCUT2D eigenvalue weighted by Crippen LogP contribution is -2.27. The fourth-order valence-electron chi connectivity index (χ4n) is 2.03. The highest BCUT2D eigenvalue weighted by atomic mass is 79.9. The Morgan fingerprint density at radius 3 is 2.45 bits per heavy atom. The van der Waals surface area contributed by atoms with Crippen LogP contribution in [0.4, 0.5) is 5.69 Å². The van der Waals surface area contributed by atoms with Crippen LogP contribution < -0.4 is 5.32 Å². The van der Waals surface area contributed by atoms with E-state index in [9.17, 15) is 0 Å². The quantitative estimate of drug-likeness (QED) is 0.882. The molecule has 2 nitrogen and oxygen atoms in total. The smallest absolute Gasteiger partial charge is 0.100 e. The molecule has 2 aromatic carbocycles. The molecule has 0 bridgehead atoms. The van der Waals surface area contributed by atoms with Gasteiger partial charge in [-0.3, -0.25) is 0 Å². The molecule has 0 heterocycles. The van der Waals surface area contributed by atoms with Gasteiger partial charge < -0.3 is 5.32 Å². The zero-order valence-electron chi connectivity index (χ0n) is 11.7. The first-order valence-corrected chi connectivity index (χ1v) is 7.31. The van der Waals surface area contributed by atoms with Crippen molar-refractivity contribution < 1.29 is 0 Å². The maximum absolute atomic E-state index is 8.92. The Hall–Kier alpha value is -1.79. The van der Waals surface area contributed by atoms with Crippen LogP contribution in [0.1, 0.15) is 25.0 Å². The molecule has 3 heteroatoms. The summed E-state index contributed by atoms with van der Waals surface area (Å²) in [6.45, 7) is 5.26. The molecule has 0 saturated heterocycles. The highest BCUT2D eigenvalue weighted by molar-refractivity contribution is 9.10. The summed E-state index contributed by atoms with van der Waals surface area (Å²) in [5.41, 5.74) is 3.01. The van der Waals surface area contributed by atoms with Crippen molar-refractivity contribution in [1.29, 1.82) is 5.26 Å². The fourth-order valence-corrected chi connectivity index (χ4v) is 2.50. The van der Waals surface area contributed by atoms with Crippen molar-refractivity contribution in [2.75, 3.05) is 11.9 Å². The van der Waals surface area contributed by atoms with Gasteiger partial charge in [0, 0.05) is 22.1 Å². The third-order valence-corrected chi connectivity index (χ3v) is 4.04. The van der Waals surface area contributed by atoms with Crippen molar-refractivity contribution in [3.8, 4) is 6.07 Å². The summed E-state index contributed by atoms with van der Waals surface area (Å²) in [5.74, 6) is 0. The van der Waals surface area contributed by atoms with Crippen LogP contribution in [0.5, 0.6) is 0 Å². The van der Waals surface area contributed by atoms with E-state index >= 15 is 0 Å². The van der Waals surface area contributed by atoms with Crippen molar-refractivity contribution in [2.45, 2.75) is 19.3 Å². The van der Waals surface area contributed by atoms with E-state index in [0.717, 1.165) is 16.7 Å². The molecule has 0 atom stereocenters. The predicted octanol–water partition coefficient (Wildman–Crippen LogP) is 4.71. The number of anilines is 1. The second-order valence-electron chi connectivity index (χ2n) is 5.41. The van der Waals surface area contributed by atoms with Crippen molar-refractivity contribution in [1.82, 2.24) is 0 Å². The van der Waals surface area contributed by atoms with Crippen molar-refractivity contribution in [2.24, 2.45) is 0 Å². The first-order chi connectivity index (χ1) is 9.53. The van der Waals surface area contributed by atoms with Gasteiger partial charge in [-0.2, -0.15) is 5.26 Å². The van der Waals surface area contributed by atoms with Gasteiger partial charge in [0.15, 0.2) is 0 Å². The molecular formula is C17H17BrN2. The lowest BCUT2D eigenvalue weighted by molar-refractivity contribution is 0.557. The monoisotopic (exact) mass is 328 g/mol. The third kappa shape index (κ3) is 3.40. The lowest BCUT2D eigenvalue weighted by atomic mass is 9.84. The molecule has 0 amide bonds. The van der Waals surface area contributed by atoms with E-state index in [0.29, 0.717) is 5.56 Å². The topological polar surface area (TPSA) is 35.8 Å². The third-order valence-electron chi connectivity index (χ3n) is 3.38. The van der Waals surface area contributed by atoms with Crippen LogP contribution in [0.3, 0.4) is 0 Å². The zero-order valence-corrected chi connectivity index (χ0v) is 13.2. The fraction of sp³-hybridized carbons (Fsp3) is 0.235. The molecule has 0 radical (unpaired) electrons. The second kappa shape index (κ2) is 6.11. The molecule has 0 saturated carbocycles. The molecule has 0 aliphatic carbocycles. The Labute approximate surface area is 128 Å². The van der Waals surface area contributed by atoms with E-state index in [1.807, 2.05) is 24.3 Å². The van der Waals surface area contributed by atoms with Crippen LogP contribution in [0, 0.1) is 11.3 Å². The van der Waals surface area contributed by atoms with E-state index < -0.39 is 0 Å². The second-order valence-corrected chi connectivity index (χ2v) is 6.26. The van der Waals surface area contributed by atoms with Crippen LogP contribution in [0.15, 0.2) is 53.0 Å². The van der Waals surface area contributed by atoms with Crippen molar-refractivity contribution in [3.05, 3.63) is 64.1 Å². The number of benzene rings is 2. The van der Waals surface area contributed by atoms with E-state index in [2.05, 4.69) is 65.4 Å². The van der Waals surface area contributed by atoms with Gasteiger partial charge in [0.25, 0.3) is 0 Å². The number of hydrogen-bond donors (Lipinski definition) is 1. The summed E-state index contributed by atoms with van der Waals surface area (Å²) in [7, 11) is 0. The Morgan fingerprint density at radius 1 is 1.15 bits per heavy atom. The molecule has 20 heavy (non-hydrogen) atoms. The van der Waals surface area contributed by atoms with Gasteiger partial charge in [0.2, 0.25) is 0 Å². The van der Waals surface area contributed by atoms with Crippen LogP contribution in [0.2, 0.25) is 0 Å². The largest absolute Gasteiger partial charge is 0.384 e. The molecule has 102 valence electrons. The molecule has 0 fully saturated rings.